The number of hydrogen-bond acceptors (Lipinski definition) is 4. The molecule has 1 aliphatic heterocycles. The molecule has 0 aromatic heterocycles. The topological polar surface area (TPSA) is 58.1 Å². The average molecular weight is 348 g/mol. The lowest BCUT2D eigenvalue weighted by molar-refractivity contribution is -0.00834. The summed E-state index contributed by atoms with van der Waals surface area (Å²) in [4.78, 5) is 7.18. The Balaban J connectivity index is 1.97. The number of methoxy groups -OCH3 is 1. The van der Waals surface area contributed by atoms with Crippen molar-refractivity contribution in [2.24, 2.45) is 4.99 Å². The van der Waals surface area contributed by atoms with Crippen molar-refractivity contribution in [2.45, 2.75) is 32.9 Å². The van der Waals surface area contributed by atoms with Crippen LogP contribution >= 0.6 is 0 Å². The Kier molecular flexibility index (Phi) is 7.52. The first-order valence-electron chi connectivity index (χ1n) is 9.03. The molecule has 1 aromatic rings. The Hall–Kier alpha value is -1.79. The van der Waals surface area contributed by atoms with Gasteiger partial charge < -0.3 is 20.1 Å². The molecule has 6 nitrogen and oxygen atoms in total. The van der Waals surface area contributed by atoms with Crippen molar-refractivity contribution in [1.29, 1.82) is 0 Å². The molecule has 6 heteroatoms. The van der Waals surface area contributed by atoms with Gasteiger partial charge in [-0.3, -0.25) is 4.90 Å². The normalized spacial score (nSPS) is 16.6. The molecule has 0 saturated carbocycles. The number of guanidine groups is 1. The molecular formula is C19H32N4O2. The summed E-state index contributed by atoms with van der Waals surface area (Å²) in [6.07, 6.45) is 0. The maximum atomic E-state index is 5.46. The molecule has 0 amide bonds. The predicted molar refractivity (Wildman–Crippen MR) is 102 cm³/mol. The SMILES string of the molecule is CCNC(=NCc1ccccc1OC)NCC(C)(C)N1CCOCC1. The lowest BCUT2D eigenvalue weighted by atomic mass is 10.0. The molecule has 0 atom stereocenters. The molecule has 2 rings (SSSR count). The number of rotatable bonds is 7. The number of morpholine rings is 1. The second kappa shape index (κ2) is 9.63. The van der Waals surface area contributed by atoms with E-state index in [4.69, 9.17) is 14.5 Å². The molecule has 25 heavy (non-hydrogen) atoms. The average Bonchev–Trinajstić information content (AvgIpc) is 2.65. The van der Waals surface area contributed by atoms with Crippen LogP contribution in [0.15, 0.2) is 29.3 Å². The van der Waals surface area contributed by atoms with Crippen LogP contribution in [-0.2, 0) is 11.3 Å². The second-order valence-electron chi connectivity index (χ2n) is 6.77. The maximum Gasteiger partial charge on any atom is 0.191 e. The maximum absolute atomic E-state index is 5.46. The van der Waals surface area contributed by atoms with E-state index in [9.17, 15) is 0 Å². The van der Waals surface area contributed by atoms with E-state index >= 15 is 0 Å². The van der Waals surface area contributed by atoms with Crippen LogP contribution in [0.2, 0.25) is 0 Å². The number of hydrogen-bond donors (Lipinski definition) is 2. The molecule has 1 saturated heterocycles. The molecule has 140 valence electrons. The summed E-state index contributed by atoms with van der Waals surface area (Å²) < 4.78 is 10.9. The van der Waals surface area contributed by atoms with Crippen LogP contribution in [0.4, 0.5) is 0 Å². The van der Waals surface area contributed by atoms with Crippen molar-refractivity contribution in [1.82, 2.24) is 15.5 Å². The molecule has 1 aliphatic rings. The minimum atomic E-state index is 0.0460. The van der Waals surface area contributed by atoms with Crippen LogP contribution in [0.1, 0.15) is 26.3 Å². The van der Waals surface area contributed by atoms with Gasteiger partial charge in [-0.05, 0) is 26.8 Å². The first kappa shape index (κ1) is 19.5. The van der Waals surface area contributed by atoms with Crippen molar-refractivity contribution < 1.29 is 9.47 Å². The highest BCUT2D eigenvalue weighted by Crippen LogP contribution is 2.18. The van der Waals surface area contributed by atoms with Crippen molar-refractivity contribution in [2.75, 3.05) is 46.5 Å². The number of nitrogens with one attached hydrogen (secondary N) is 2. The monoisotopic (exact) mass is 348 g/mol. The molecule has 0 bridgehead atoms. The van der Waals surface area contributed by atoms with Crippen LogP contribution in [0.3, 0.4) is 0 Å². The number of benzene rings is 1. The van der Waals surface area contributed by atoms with E-state index in [2.05, 4.69) is 36.3 Å². The summed E-state index contributed by atoms with van der Waals surface area (Å²) >= 11 is 0. The van der Waals surface area contributed by atoms with Gasteiger partial charge in [-0.15, -0.1) is 0 Å². The van der Waals surface area contributed by atoms with Gasteiger partial charge in [-0.25, -0.2) is 4.99 Å². The Morgan fingerprint density at radius 1 is 1.24 bits per heavy atom. The third kappa shape index (κ3) is 5.90. The van der Waals surface area contributed by atoms with Gasteiger partial charge in [0.2, 0.25) is 0 Å². The van der Waals surface area contributed by atoms with Gasteiger partial charge in [0.05, 0.1) is 26.9 Å². The number of para-hydroxylation sites is 1. The first-order valence-corrected chi connectivity index (χ1v) is 9.03. The zero-order chi connectivity index (χ0) is 18.1. The zero-order valence-electron chi connectivity index (χ0n) is 16.0. The Labute approximate surface area is 151 Å². The zero-order valence-corrected chi connectivity index (χ0v) is 16.0. The lowest BCUT2D eigenvalue weighted by Gasteiger charge is -2.41. The Bertz CT molecular complexity index is 554. The molecule has 0 radical (unpaired) electrons. The highest BCUT2D eigenvalue weighted by molar-refractivity contribution is 5.79. The van der Waals surface area contributed by atoms with Gasteiger partial charge in [0.25, 0.3) is 0 Å². The second-order valence-corrected chi connectivity index (χ2v) is 6.77. The van der Waals surface area contributed by atoms with E-state index in [1.54, 1.807) is 7.11 Å². The van der Waals surface area contributed by atoms with Crippen molar-refractivity contribution in [3.05, 3.63) is 29.8 Å². The van der Waals surface area contributed by atoms with Crippen LogP contribution < -0.4 is 15.4 Å². The lowest BCUT2D eigenvalue weighted by Crippen LogP contribution is -2.56. The fourth-order valence-electron chi connectivity index (χ4n) is 2.92. The quantitative estimate of drug-likeness (QED) is 0.582. The molecule has 0 spiro atoms. The van der Waals surface area contributed by atoms with Crippen LogP contribution in [0.25, 0.3) is 0 Å². The molecular weight excluding hydrogens is 316 g/mol. The smallest absolute Gasteiger partial charge is 0.191 e. The third-order valence-electron chi connectivity index (χ3n) is 4.50. The third-order valence-corrected chi connectivity index (χ3v) is 4.50. The molecule has 0 aliphatic carbocycles. The Morgan fingerprint density at radius 2 is 1.96 bits per heavy atom. The fourth-order valence-corrected chi connectivity index (χ4v) is 2.92. The van der Waals surface area contributed by atoms with E-state index in [-0.39, 0.29) is 5.54 Å². The van der Waals surface area contributed by atoms with Crippen LogP contribution in [0, 0.1) is 0 Å². The van der Waals surface area contributed by atoms with Crippen LogP contribution in [-0.4, -0.2) is 62.9 Å². The summed E-state index contributed by atoms with van der Waals surface area (Å²) in [7, 11) is 1.69. The number of aliphatic imine (C=N–C) groups is 1. The molecule has 1 fully saturated rings. The summed E-state index contributed by atoms with van der Waals surface area (Å²) in [6, 6.07) is 7.99. The Morgan fingerprint density at radius 3 is 2.64 bits per heavy atom. The number of nitrogens with zero attached hydrogens (tertiary/aromatic N) is 2. The largest absolute Gasteiger partial charge is 0.496 e. The van der Waals surface area contributed by atoms with Gasteiger partial charge in [-0.1, -0.05) is 18.2 Å². The van der Waals surface area contributed by atoms with Crippen molar-refractivity contribution in [3.8, 4) is 5.75 Å². The van der Waals surface area contributed by atoms with Crippen molar-refractivity contribution in [3.63, 3.8) is 0 Å². The van der Waals surface area contributed by atoms with Crippen molar-refractivity contribution >= 4 is 5.96 Å². The van der Waals surface area contributed by atoms with Gasteiger partial charge in [0.15, 0.2) is 5.96 Å². The van der Waals surface area contributed by atoms with E-state index in [1.807, 2.05) is 24.3 Å². The summed E-state index contributed by atoms with van der Waals surface area (Å²) in [5, 5.41) is 6.80. The number of ether oxygens (including phenoxy) is 2. The summed E-state index contributed by atoms with van der Waals surface area (Å²) in [5.74, 6) is 1.70. The minimum Gasteiger partial charge on any atom is -0.496 e. The van der Waals surface area contributed by atoms with E-state index in [1.165, 1.54) is 0 Å². The standard InChI is InChI=1S/C19H32N4O2/c1-5-20-18(21-14-16-8-6-7-9-17(16)24-4)22-15-19(2,3)23-10-12-25-13-11-23/h6-9H,5,10-15H2,1-4H3,(H2,20,21,22). The minimum absolute atomic E-state index is 0.0460. The van der Waals surface area contributed by atoms with Crippen LogP contribution in [0.5, 0.6) is 5.75 Å². The molecule has 2 N–H and O–H groups in total. The van der Waals surface area contributed by atoms with Gasteiger partial charge in [0, 0.05) is 37.3 Å². The highest BCUT2D eigenvalue weighted by atomic mass is 16.5. The summed E-state index contributed by atoms with van der Waals surface area (Å²) in [5.41, 5.74) is 1.12. The summed E-state index contributed by atoms with van der Waals surface area (Å²) in [6.45, 7) is 12.4. The predicted octanol–water partition coefficient (Wildman–Crippen LogP) is 1.86. The van der Waals surface area contributed by atoms with Gasteiger partial charge in [-0.2, -0.15) is 0 Å². The van der Waals surface area contributed by atoms with E-state index in [0.29, 0.717) is 6.54 Å². The molecule has 1 heterocycles. The molecule has 0 unspecified atom stereocenters. The fraction of sp³-hybridized carbons (Fsp3) is 0.632. The highest BCUT2D eigenvalue weighted by Gasteiger charge is 2.28. The van der Waals surface area contributed by atoms with E-state index < -0.39 is 0 Å². The van der Waals surface area contributed by atoms with Gasteiger partial charge in [0.1, 0.15) is 5.75 Å². The molecule has 1 aromatic carbocycles. The first-order chi connectivity index (χ1) is 12.1. The van der Waals surface area contributed by atoms with E-state index in [0.717, 1.165) is 56.7 Å². The van der Waals surface area contributed by atoms with Gasteiger partial charge >= 0.3 is 0 Å².